The van der Waals surface area contributed by atoms with Crippen molar-refractivity contribution in [1.82, 2.24) is 20.3 Å². The molecule has 2 aromatic heterocycles. The van der Waals surface area contributed by atoms with Crippen LogP contribution in [0.3, 0.4) is 0 Å². The summed E-state index contributed by atoms with van der Waals surface area (Å²) in [6.07, 6.45) is 7.13. The first-order chi connectivity index (χ1) is 9.90. The molecular formula is C16H16N4. The highest BCUT2D eigenvalue weighted by Gasteiger charge is 2.16. The number of rotatable bonds is 4. The van der Waals surface area contributed by atoms with E-state index in [0.717, 1.165) is 28.7 Å². The van der Waals surface area contributed by atoms with Crippen LogP contribution in [0.15, 0.2) is 55.1 Å². The lowest BCUT2D eigenvalue weighted by Crippen LogP contribution is -2.22. The van der Waals surface area contributed by atoms with Gasteiger partial charge in [0.1, 0.15) is 0 Å². The topological polar surface area (TPSA) is 50.7 Å². The molecule has 0 spiro atoms. The Morgan fingerprint density at radius 2 is 1.95 bits per heavy atom. The van der Waals surface area contributed by atoms with Gasteiger partial charge in [-0.25, -0.2) is 0 Å². The molecule has 3 rings (SSSR count). The van der Waals surface area contributed by atoms with Gasteiger partial charge in [-0.05, 0) is 24.2 Å². The monoisotopic (exact) mass is 264 g/mol. The minimum Gasteiger partial charge on any atom is -0.306 e. The van der Waals surface area contributed by atoms with Gasteiger partial charge < -0.3 is 5.32 Å². The van der Waals surface area contributed by atoms with Crippen molar-refractivity contribution >= 4 is 11.0 Å². The van der Waals surface area contributed by atoms with Gasteiger partial charge in [-0.1, -0.05) is 25.1 Å². The largest absolute Gasteiger partial charge is 0.306 e. The van der Waals surface area contributed by atoms with Crippen molar-refractivity contribution < 1.29 is 0 Å². The van der Waals surface area contributed by atoms with Crippen molar-refractivity contribution in [2.45, 2.75) is 13.0 Å². The Hall–Kier alpha value is -2.33. The molecule has 0 radical (unpaired) electrons. The normalized spacial score (nSPS) is 12.4. The molecule has 0 saturated carbocycles. The predicted molar refractivity (Wildman–Crippen MR) is 79.3 cm³/mol. The molecule has 4 heteroatoms. The molecule has 100 valence electrons. The van der Waals surface area contributed by atoms with Gasteiger partial charge in [-0.3, -0.25) is 15.0 Å². The summed E-state index contributed by atoms with van der Waals surface area (Å²) in [6.45, 7) is 2.97. The van der Waals surface area contributed by atoms with Crippen LogP contribution in [0, 0.1) is 0 Å². The van der Waals surface area contributed by atoms with E-state index in [1.807, 2.05) is 24.4 Å². The number of fused-ring (bicyclic) bond motifs is 1. The molecule has 2 heterocycles. The fraction of sp³-hybridized carbons (Fsp3) is 0.188. The molecule has 0 saturated heterocycles. The number of hydrogen-bond acceptors (Lipinski definition) is 4. The third kappa shape index (κ3) is 2.38. The highest BCUT2D eigenvalue weighted by atomic mass is 14.9. The summed E-state index contributed by atoms with van der Waals surface area (Å²) in [5.41, 5.74) is 4.11. The second-order valence-corrected chi connectivity index (χ2v) is 4.55. The molecule has 0 aliphatic carbocycles. The molecule has 1 atom stereocenters. The first-order valence-corrected chi connectivity index (χ1v) is 6.73. The van der Waals surface area contributed by atoms with E-state index < -0.39 is 0 Å². The molecule has 1 unspecified atom stereocenters. The first kappa shape index (κ1) is 12.7. The highest BCUT2D eigenvalue weighted by molar-refractivity contribution is 5.78. The maximum Gasteiger partial charge on any atom is 0.0937 e. The summed E-state index contributed by atoms with van der Waals surface area (Å²) in [6, 6.07) is 10.2. The Morgan fingerprint density at radius 1 is 1.05 bits per heavy atom. The van der Waals surface area contributed by atoms with E-state index in [0.29, 0.717) is 0 Å². The number of hydrogen-bond donors (Lipinski definition) is 1. The molecule has 4 nitrogen and oxygen atoms in total. The SMILES string of the molecule is CCNC(c1cccnc1)c1cccc2nccnc12. The molecule has 3 aromatic rings. The van der Waals surface area contributed by atoms with Crippen molar-refractivity contribution in [1.29, 1.82) is 0 Å². The third-order valence-electron chi connectivity index (χ3n) is 3.27. The lowest BCUT2D eigenvalue weighted by molar-refractivity contribution is 0.631. The molecule has 0 amide bonds. The predicted octanol–water partition coefficient (Wildman–Crippen LogP) is 2.72. The summed E-state index contributed by atoms with van der Waals surface area (Å²) in [5, 5.41) is 3.50. The second-order valence-electron chi connectivity index (χ2n) is 4.55. The summed E-state index contributed by atoms with van der Waals surface area (Å²) < 4.78 is 0. The Morgan fingerprint density at radius 3 is 2.75 bits per heavy atom. The minimum atomic E-state index is 0.0779. The summed E-state index contributed by atoms with van der Waals surface area (Å²) in [4.78, 5) is 13.1. The lowest BCUT2D eigenvalue weighted by Gasteiger charge is -2.19. The maximum atomic E-state index is 4.49. The van der Waals surface area contributed by atoms with Gasteiger partial charge in [0.2, 0.25) is 0 Å². The number of nitrogens with zero attached hydrogens (tertiary/aromatic N) is 3. The summed E-state index contributed by atoms with van der Waals surface area (Å²) in [5.74, 6) is 0. The van der Waals surface area contributed by atoms with E-state index in [9.17, 15) is 0 Å². The average Bonchev–Trinajstić information content (AvgIpc) is 2.53. The van der Waals surface area contributed by atoms with Crippen LogP contribution >= 0.6 is 0 Å². The minimum absolute atomic E-state index is 0.0779. The van der Waals surface area contributed by atoms with E-state index in [1.54, 1.807) is 18.6 Å². The Balaban J connectivity index is 2.15. The quantitative estimate of drug-likeness (QED) is 0.787. The van der Waals surface area contributed by atoms with E-state index >= 15 is 0 Å². The highest BCUT2D eigenvalue weighted by Crippen LogP contribution is 2.26. The lowest BCUT2D eigenvalue weighted by atomic mass is 9.98. The molecule has 1 N–H and O–H groups in total. The average molecular weight is 264 g/mol. The summed E-state index contributed by atoms with van der Waals surface area (Å²) >= 11 is 0. The van der Waals surface area contributed by atoms with Gasteiger partial charge in [0, 0.05) is 30.4 Å². The van der Waals surface area contributed by atoms with Crippen LogP contribution in [0.5, 0.6) is 0 Å². The number of pyridine rings is 1. The van der Waals surface area contributed by atoms with Gasteiger partial charge in [-0.15, -0.1) is 0 Å². The van der Waals surface area contributed by atoms with Crippen molar-refractivity contribution in [2.75, 3.05) is 6.54 Å². The van der Waals surface area contributed by atoms with Crippen molar-refractivity contribution in [2.24, 2.45) is 0 Å². The fourth-order valence-corrected chi connectivity index (χ4v) is 2.41. The number of benzene rings is 1. The van der Waals surface area contributed by atoms with Crippen LogP contribution in [-0.2, 0) is 0 Å². The number of nitrogens with one attached hydrogen (secondary N) is 1. The Kier molecular flexibility index (Phi) is 3.65. The van der Waals surface area contributed by atoms with Gasteiger partial charge >= 0.3 is 0 Å². The fourth-order valence-electron chi connectivity index (χ4n) is 2.41. The second kappa shape index (κ2) is 5.75. The van der Waals surface area contributed by atoms with E-state index in [-0.39, 0.29) is 6.04 Å². The number of para-hydroxylation sites is 1. The Bertz CT molecular complexity index is 692. The third-order valence-corrected chi connectivity index (χ3v) is 3.27. The van der Waals surface area contributed by atoms with Crippen LogP contribution in [0.4, 0.5) is 0 Å². The van der Waals surface area contributed by atoms with Crippen LogP contribution in [0.25, 0.3) is 11.0 Å². The molecular weight excluding hydrogens is 248 g/mol. The maximum absolute atomic E-state index is 4.49. The molecule has 0 bridgehead atoms. The van der Waals surface area contributed by atoms with Gasteiger partial charge in [0.15, 0.2) is 0 Å². The van der Waals surface area contributed by atoms with E-state index in [2.05, 4.69) is 39.3 Å². The van der Waals surface area contributed by atoms with E-state index in [1.165, 1.54) is 0 Å². The zero-order valence-corrected chi connectivity index (χ0v) is 11.3. The van der Waals surface area contributed by atoms with Crippen LogP contribution in [-0.4, -0.2) is 21.5 Å². The van der Waals surface area contributed by atoms with Crippen LogP contribution in [0.2, 0.25) is 0 Å². The van der Waals surface area contributed by atoms with Crippen molar-refractivity contribution in [3.05, 3.63) is 66.2 Å². The standard InChI is InChI=1S/C16H16N4/c1-2-18-15(12-5-4-8-17-11-12)13-6-3-7-14-16(13)20-10-9-19-14/h3-11,15,18H,2H2,1H3. The first-order valence-electron chi connectivity index (χ1n) is 6.73. The molecule has 0 fully saturated rings. The summed E-state index contributed by atoms with van der Waals surface area (Å²) in [7, 11) is 0. The van der Waals surface area contributed by atoms with Gasteiger partial charge in [0.05, 0.1) is 17.1 Å². The molecule has 0 aliphatic rings. The van der Waals surface area contributed by atoms with Gasteiger partial charge in [0.25, 0.3) is 0 Å². The number of aromatic nitrogens is 3. The smallest absolute Gasteiger partial charge is 0.0937 e. The molecule has 0 aliphatic heterocycles. The molecule has 20 heavy (non-hydrogen) atoms. The van der Waals surface area contributed by atoms with E-state index in [4.69, 9.17) is 0 Å². The van der Waals surface area contributed by atoms with Crippen LogP contribution in [0.1, 0.15) is 24.1 Å². The molecule has 1 aromatic carbocycles. The zero-order valence-electron chi connectivity index (χ0n) is 11.3. The van der Waals surface area contributed by atoms with Crippen LogP contribution < -0.4 is 5.32 Å². The van der Waals surface area contributed by atoms with Crippen molar-refractivity contribution in [3.63, 3.8) is 0 Å². The zero-order chi connectivity index (χ0) is 13.8. The van der Waals surface area contributed by atoms with Gasteiger partial charge in [-0.2, -0.15) is 0 Å². The van der Waals surface area contributed by atoms with Crippen molar-refractivity contribution in [3.8, 4) is 0 Å². The Labute approximate surface area is 117 Å².